The van der Waals surface area contributed by atoms with Crippen LogP contribution in [0.2, 0.25) is 0 Å². The number of halogens is 1. The molecule has 3 aromatic rings. The third-order valence-electron chi connectivity index (χ3n) is 5.30. The molecule has 2 aromatic heterocycles. The molecule has 1 amide bonds. The summed E-state index contributed by atoms with van der Waals surface area (Å²) in [5.41, 5.74) is 2.82. The molecule has 9 heteroatoms. The van der Waals surface area contributed by atoms with Crippen molar-refractivity contribution < 1.29 is 9.53 Å². The maximum atomic E-state index is 13.4. The maximum Gasteiger partial charge on any atom is 0.278 e. The molecule has 0 atom stereocenters. The first-order chi connectivity index (χ1) is 14.2. The van der Waals surface area contributed by atoms with Gasteiger partial charge in [0.05, 0.1) is 23.4 Å². The fourth-order valence-corrected chi connectivity index (χ4v) is 4.60. The van der Waals surface area contributed by atoms with Crippen LogP contribution in [-0.2, 0) is 17.7 Å². The third-order valence-corrected chi connectivity index (χ3v) is 6.35. The quantitative estimate of drug-likeness (QED) is 0.552. The van der Waals surface area contributed by atoms with Gasteiger partial charge in [-0.2, -0.15) is 5.10 Å². The Morgan fingerprint density at radius 2 is 2.03 bits per heavy atom. The van der Waals surface area contributed by atoms with Crippen LogP contribution in [0.5, 0.6) is 0 Å². The van der Waals surface area contributed by atoms with Crippen molar-refractivity contribution in [2.24, 2.45) is 0 Å². The predicted octanol–water partition coefficient (Wildman–Crippen LogP) is 3.48. The van der Waals surface area contributed by atoms with Gasteiger partial charge in [0, 0.05) is 38.9 Å². The number of anilines is 1. The number of nitrogens with zero attached hydrogens (tertiary/aromatic N) is 5. The van der Waals surface area contributed by atoms with Crippen molar-refractivity contribution in [3.05, 3.63) is 41.7 Å². The number of carbonyl (C=O) groups is 1. The molecule has 0 unspecified atom stereocenters. The highest BCUT2D eigenvalue weighted by molar-refractivity contribution is 7.22. The number of amides is 1. The first-order valence-corrected chi connectivity index (χ1v) is 11.0. The van der Waals surface area contributed by atoms with E-state index >= 15 is 0 Å². The normalized spacial score (nSPS) is 14.6. The van der Waals surface area contributed by atoms with Gasteiger partial charge in [0.15, 0.2) is 5.13 Å². The van der Waals surface area contributed by atoms with Crippen LogP contribution in [0.3, 0.4) is 0 Å². The maximum absolute atomic E-state index is 13.4. The van der Waals surface area contributed by atoms with E-state index in [1.807, 2.05) is 11.8 Å². The standard InChI is InChI=1S/C21H27N5O2S.ClH/c1-3-16-5-6-17-19(15-16)29-21(23-17)25(10-9-24-11-13-28-14-12-24)20(27)18-7-8-22-26(18)4-2;/h5-8,15H,3-4,9-14H2,1-2H3;1H. The molecule has 1 fully saturated rings. The highest BCUT2D eigenvalue weighted by atomic mass is 35.5. The van der Waals surface area contributed by atoms with Crippen molar-refractivity contribution in [1.82, 2.24) is 19.7 Å². The minimum absolute atomic E-state index is 0. The zero-order chi connectivity index (χ0) is 20.2. The van der Waals surface area contributed by atoms with Crippen LogP contribution in [0, 0.1) is 0 Å². The topological polar surface area (TPSA) is 63.5 Å². The third kappa shape index (κ3) is 4.83. The molecule has 30 heavy (non-hydrogen) atoms. The van der Waals surface area contributed by atoms with Gasteiger partial charge in [-0.15, -0.1) is 12.4 Å². The summed E-state index contributed by atoms with van der Waals surface area (Å²) < 4.78 is 8.31. The summed E-state index contributed by atoms with van der Waals surface area (Å²) in [5.74, 6) is -0.0487. The van der Waals surface area contributed by atoms with Gasteiger partial charge in [-0.3, -0.25) is 19.3 Å². The van der Waals surface area contributed by atoms with E-state index in [-0.39, 0.29) is 18.3 Å². The second kappa shape index (κ2) is 10.3. The Morgan fingerprint density at radius 1 is 1.23 bits per heavy atom. The number of fused-ring (bicyclic) bond motifs is 1. The van der Waals surface area contributed by atoms with E-state index in [1.54, 1.807) is 28.3 Å². The molecule has 0 bridgehead atoms. The zero-order valence-electron chi connectivity index (χ0n) is 17.4. The van der Waals surface area contributed by atoms with Crippen LogP contribution in [0.15, 0.2) is 30.5 Å². The first kappa shape index (κ1) is 22.7. The molecule has 0 spiro atoms. The number of ether oxygens (including phenoxy) is 1. The Balaban J connectivity index is 0.00000256. The Bertz CT molecular complexity index is 983. The summed E-state index contributed by atoms with van der Waals surface area (Å²) in [7, 11) is 0. The van der Waals surface area contributed by atoms with Crippen LogP contribution in [0.1, 0.15) is 29.9 Å². The number of carbonyl (C=O) groups excluding carboxylic acids is 1. The Kier molecular flexibility index (Phi) is 7.82. The average Bonchev–Trinajstić information content (AvgIpc) is 3.40. The van der Waals surface area contributed by atoms with Crippen molar-refractivity contribution in [1.29, 1.82) is 0 Å². The van der Waals surface area contributed by atoms with Crippen LogP contribution in [0.4, 0.5) is 5.13 Å². The SMILES string of the molecule is CCc1ccc2nc(N(CCN3CCOCC3)C(=O)c3ccnn3CC)sc2c1.Cl. The summed E-state index contributed by atoms with van der Waals surface area (Å²) in [5, 5.41) is 5.02. The minimum Gasteiger partial charge on any atom is -0.379 e. The molecule has 0 aliphatic carbocycles. The highest BCUT2D eigenvalue weighted by Crippen LogP contribution is 2.30. The number of hydrogen-bond donors (Lipinski definition) is 0. The molecule has 1 aliphatic heterocycles. The van der Waals surface area contributed by atoms with Crippen molar-refractivity contribution in [2.75, 3.05) is 44.3 Å². The van der Waals surface area contributed by atoms with Crippen LogP contribution in [0.25, 0.3) is 10.2 Å². The van der Waals surface area contributed by atoms with Gasteiger partial charge in [-0.05, 0) is 37.1 Å². The fraction of sp³-hybridized carbons (Fsp3) is 0.476. The van der Waals surface area contributed by atoms with Crippen LogP contribution >= 0.6 is 23.7 Å². The molecule has 1 aromatic carbocycles. The summed E-state index contributed by atoms with van der Waals surface area (Å²) >= 11 is 1.58. The molecule has 4 rings (SSSR count). The minimum atomic E-state index is -0.0487. The van der Waals surface area contributed by atoms with Crippen molar-refractivity contribution in [2.45, 2.75) is 26.8 Å². The monoisotopic (exact) mass is 449 g/mol. The molecular formula is C21H28ClN5O2S. The molecule has 1 aliphatic rings. The van der Waals surface area contributed by atoms with Crippen LogP contribution < -0.4 is 4.90 Å². The van der Waals surface area contributed by atoms with Crippen molar-refractivity contribution in [3.63, 3.8) is 0 Å². The molecule has 0 radical (unpaired) electrons. The molecule has 3 heterocycles. The van der Waals surface area contributed by atoms with E-state index in [9.17, 15) is 4.79 Å². The lowest BCUT2D eigenvalue weighted by Gasteiger charge is -2.29. The Hall–Kier alpha value is -2.00. The number of rotatable bonds is 7. The highest BCUT2D eigenvalue weighted by Gasteiger charge is 2.25. The molecular weight excluding hydrogens is 422 g/mol. The largest absolute Gasteiger partial charge is 0.379 e. The van der Waals surface area contributed by atoms with E-state index in [0.717, 1.165) is 54.6 Å². The number of aryl methyl sites for hydroxylation is 2. The number of hydrogen-bond acceptors (Lipinski definition) is 6. The van der Waals surface area contributed by atoms with Gasteiger partial charge in [0.25, 0.3) is 5.91 Å². The molecule has 0 saturated carbocycles. The van der Waals surface area contributed by atoms with E-state index in [4.69, 9.17) is 9.72 Å². The van der Waals surface area contributed by atoms with Gasteiger partial charge in [-0.1, -0.05) is 24.3 Å². The van der Waals surface area contributed by atoms with Gasteiger partial charge < -0.3 is 4.74 Å². The van der Waals surface area contributed by atoms with Crippen LogP contribution in [-0.4, -0.2) is 65.0 Å². The van der Waals surface area contributed by atoms with Gasteiger partial charge in [-0.25, -0.2) is 4.98 Å². The smallest absolute Gasteiger partial charge is 0.278 e. The zero-order valence-corrected chi connectivity index (χ0v) is 19.0. The van der Waals surface area contributed by atoms with E-state index < -0.39 is 0 Å². The van der Waals surface area contributed by atoms with E-state index in [2.05, 4.69) is 35.1 Å². The fourth-order valence-electron chi connectivity index (χ4n) is 3.55. The predicted molar refractivity (Wildman–Crippen MR) is 123 cm³/mol. The lowest BCUT2D eigenvalue weighted by molar-refractivity contribution is 0.0391. The summed E-state index contributed by atoms with van der Waals surface area (Å²) in [6, 6.07) is 8.13. The number of thiazole rings is 1. The van der Waals surface area contributed by atoms with Crippen molar-refractivity contribution >= 4 is 45.0 Å². The second-order valence-electron chi connectivity index (χ2n) is 7.10. The van der Waals surface area contributed by atoms with E-state index in [1.165, 1.54) is 5.56 Å². The van der Waals surface area contributed by atoms with E-state index in [0.29, 0.717) is 18.8 Å². The lowest BCUT2D eigenvalue weighted by atomic mass is 10.2. The molecule has 7 nitrogen and oxygen atoms in total. The summed E-state index contributed by atoms with van der Waals surface area (Å²) in [6.07, 6.45) is 2.67. The first-order valence-electron chi connectivity index (χ1n) is 10.2. The molecule has 0 N–H and O–H groups in total. The molecule has 1 saturated heterocycles. The van der Waals surface area contributed by atoms with Gasteiger partial charge >= 0.3 is 0 Å². The Morgan fingerprint density at radius 3 is 2.77 bits per heavy atom. The number of benzene rings is 1. The second-order valence-corrected chi connectivity index (χ2v) is 8.10. The van der Waals surface area contributed by atoms with Gasteiger partial charge in [0.1, 0.15) is 5.69 Å². The van der Waals surface area contributed by atoms with Crippen molar-refractivity contribution in [3.8, 4) is 0 Å². The molecule has 162 valence electrons. The Labute approximate surface area is 187 Å². The number of morpholine rings is 1. The lowest BCUT2D eigenvalue weighted by Crippen LogP contribution is -2.43. The van der Waals surface area contributed by atoms with Gasteiger partial charge in [0.2, 0.25) is 0 Å². The number of aromatic nitrogens is 3. The summed E-state index contributed by atoms with van der Waals surface area (Å²) in [6.45, 7) is 9.47. The summed E-state index contributed by atoms with van der Waals surface area (Å²) in [4.78, 5) is 22.4. The average molecular weight is 450 g/mol.